The van der Waals surface area contributed by atoms with Crippen LogP contribution in [0.15, 0.2) is 40.9 Å². The van der Waals surface area contributed by atoms with Crippen LogP contribution < -0.4 is 4.74 Å². The number of halogens is 4. The highest BCUT2D eigenvalue weighted by atomic mass is 79.9. The second-order valence-electron chi connectivity index (χ2n) is 3.58. The van der Waals surface area contributed by atoms with Crippen LogP contribution in [0, 0.1) is 5.82 Å². The fourth-order valence-electron chi connectivity index (χ4n) is 1.39. The maximum atomic E-state index is 13.6. The van der Waals surface area contributed by atoms with Crippen molar-refractivity contribution in [3.05, 3.63) is 62.3 Å². The number of hydrogen-bond donors (Lipinski definition) is 0. The second kappa shape index (κ2) is 5.91. The second-order valence-corrected chi connectivity index (χ2v) is 5.28. The minimum atomic E-state index is -0.331. The van der Waals surface area contributed by atoms with Gasteiger partial charge in [-0.1, -0.05) is 51.3 Å². The van der Waals surface area contributed by atoms with Gasteiger partial charge in [0.2, 0.25) is 0 Å². The topological polar surface area (TPSA) is 9.23 Å². The van der Waals surface area contributed by atoms with Crippen LogP contribution in [0.3, 0.4) is 0 Å². The van der Waals surface area contributed by atoms with Gasteiger partial charge in [0.25, 0.3) is 0 Å². The van der Waals surface area contributed by atoms with E-state index in [-0.39, 0.29) is 12.4 Å². The van der Waals surface area contributed by atoms with Gasteiger partial charge in [-0.3, -0.25) is 0 Å². The predicted octanol–water partition coefficient (Wildman–Crippen LogP) is 5.47. The summed E-state index contributed by atoms with van der Waals surface area (Å²) in [5.74, 6) is 0.106. The van der Waals surface area contributed by atoms with Gasteiger partial charge in [-0.25, -0.2) is 4.39 Å². The lowest BCUT2D eigenvalue weighted by molar-refractivity contribution is 0.300. The molecule has 0 fully saturated rings. The summed E-state index contributed by atoms with van der Waals surface area (Å²) >= 11 is 15.0. The third kappa shape index (κ3) is 3.16. The van der Waals surface area contributed by atoms with Gasteiger partial charge < -0.3 is 4.74 Å². The van der Waals surface area contributed by atoms with Crippen molar-refractivity contribution in [2.75, 3.05) is 0 Å². The molecule has 0 radical (unpaired) electrons. The zero-order chi connectivity index (χ0) is 13.1. The van der Waals surface area contributed by atoms with Crippen molar-refractivity contribution in [3.8, 4) is 5.75 Å². The molecule has 5 heteroatoms. The molecule has 0 aliphatic carbocycles. The Morgan fingerprint density at radius 1 is 1.17 bits per heavy atom. The average Bonchev–Trinajstić information content (AvgIpc) is 2.33. The molecule has 0 saturated heterocycles. The fourth-order valence-corrected chi connectivity index (χ4v) is 2.07. The number of rotatable bonds is 3. The smallest absolute Gasteiger partial charge is 0.139 e. The average molecular weight is 350 g/mol. The van der Waals surface area contributed by atoms with E-state index in [1.54, 1.807) is 30.3 Å². The summed E-state index contributed by atoms with van der Waals surface area (Å²) in [6, 6.07) is 9.86. The first-order valence-corrected chi connectivity index (χ1v) is 6.63. The summed E-state index contributed by atoms with van der Waals surface area (Å²) in [6.07, 6.45) is 0. The van der Waals surface area contributed by atoms with Gasteiger partial charge in [0.1, 0.15) is 23.2 Å². The highest BCUT2D eigenvalue weighted by molar-refractivity contribution is 9.10. The van der Waals surface area contributed by atoms with Gasteiger partial charge >= 0.3 is 0 Å². The first-order valence-electron chi connectivity index (χ1n) is 5.08. The zero-order valence-corrected chi connectivity index (χ0v) is 12.2. The lowest BCUT2D eigenvalue weighted by Crippen LogP contribution is -1.99. The Balaban J connectivity index is 2.14. The van der Waals surface area contributed by atoms with E-state index in [1.165, 1.54) is 6.07 Å². The molecule has 0 aromatic heterocycles. The molecule has 0 heterocycles. The lowest BCUT2D eigenvalue weighted by atomic mass is 10.2. The van der Waals surface area contributed by atoms with E-state index in [4.69, 9.17) is 27.9 Å². The quantitative estimate of drug-likeness (QED) is 0.713. The van der Waals surface area contributed by atoms with Crippen molar-refractivity contribution in [3.63, 3.8) is 0 Å². The number of ether oxygens (including phenoxy) is 1. The van der Waals surface area contributed by atoms with Crippen molar-refractivity contribution in [2.24, 2.45) is 0 Å². The molecule has 0 spiro atoms. The highest BCUT2D eigenvalue weighted by Gasteiger charge is 2.08. The van der Waals surface area contributed by atoms with E-state index in [0.717, 1.165) is 0 Å². The summed E-state index contributed by atoms with van der Waals surface area (Å²) in [5.41, 5.74) is 0.453. The predicted molar refractivity (Wildman–Crippen MR) is 74.9 cm³/mol. The van der Waals surface area contributed by atoms with E-state index in [9.17, 15) is 4.39 Å². The third-order valence-corrected chi connectivity index (χ3v) is 3.61. The summed E-state index contributed by atoms with van der Waals surface area (Å²) in [4.78, 5) is 0. The molecule has 94 valence electrons. The highest BCUT2D eigenvalue weighted by Crippen LogP contribution is 2.32. The van der Waals surface area contributed by atoms with E-state index in [2.05, 4.69) is 15.9 Å². The molecule has 0 amide bonds. The summed E-state index contributed by atoms with van der Waals surface area (Å²) in [7, 11) is 0. The summed E-state index contributed by atoms with van der Waals surface area (Å²) in [6.45, 7) is 0.0964. The Labute approximate surface area is 123 Å². The molecule has 0 aliphatic rings. The van der Waals surface area contributed by atoms with Crippen LogP contribution >= 0.6 is 39.1 Å². The van der Waals surface area contributed by atoms with Crippen molar-refractivity contribution in [1.29, 1.82) is 0 Å². The summed E-state index contributed by atoms with van der Waals surface area (Å²) in [5, 5.41) is 0.738. The van der Waals surface area contributed by atoms with E-state index >= 15 is 0 Å². The molecule has 0 bridgehead atoms. The molecule has 0 saturated carbocycles. The minimum Gasteiger partial charge on any atom is -0.487 e. The van der Waals surface area contributed by atoms with E-state index in [0.29, 0.717) is 25.8 Å². The molecule has 2 aromatic rings. The van der Waals surface area contributed by atoms with Crippen LogP contribution in [0.25, 0.3) is 0 Å². The van der Waals surface area contributed by atoms with E-state index < -0.39 is 0 Å². The Bertz CT molecular complexity index is 575. The van der Waals surface area contributed by atoms with Gasteiger partial charge in [-0.2, -0.15) is 0 Å². The molecule has 0 unspecified atom stereocenters. The molecule has 18 heavy (non-hydrogen) atoms. The van der Waals surface area contributed by atoms with E-state index in [1.807, 2.05) is 0 Å². The molecular formula is C13H8BrCl2FO. The number of hydrogen-bond acceptors (Lipinski definition) is 1. The van der Waals surface area contributed by atoms with Crippen LogP contribution in [0.1, 0.15) is 5.56 Å². The van der Waals surface area contributed by atoms with Gasteiger partial charge in [0.15, 0.2) is 0 Å². The van der Waals surface area contributed by atoms with Crippen LogP contribution in [-0.4, -0.2) is 0 Å². The maximum absolute atomic E-state index is 13.6. The van der Waals surface area contributed by atoms with Gasteiger partial charge in [-0.15, -0.1) is 0 Å². The Kier molecular flexibility index (Phi) is 4.49. The van der Waals surface area contributed by atoms with Crippen molar-refractivity contribution >= 4 is 39.1 Å². The van der Waals surface area contributed by atoms with Crippen LogP contribution in [0.2, 0.25) is 10.0 Å². The molecule has 0 atom stereocenters. The standard InChI is InChI=1S/C13H8BrCl2FO/c14-9-5-4-8(11(17)6-9)7-18-12-3-1-2-10(15)13(12)16/h1-6H,7H2. The fraction of sp³-hybridized carbons (Fsp3) is 0.0769. The summed E-state index contributed by atoms with van der Waals surface area (Å²) < 4.78 is 19.7. The SMILES string of the molecule is Fc1cc(Br)ccc1COc1cccc(Cl)c1Cl. The number of benzene rings is 2. The third-order valence-electron chi connectivity index (χ3n) is 2.31. The molecular weight excluding hydrogens is 342 g/mol. The molecule has 2 aromatic carbocycles. The first-order chi connectivity index (χ1) is 8.58. The maximum Gasteiger partial charge on any atom is 0.139 e. The lowest BCUT2D eigenvalue weighted by Gasteiger charge is -2.09. The Morgan fingerprint density at radius 3 is 2.67 bits per heavy atom. The van der Waals surface area contributed by atoms with Crippen LogP contribution in [0.4, 0.5) is 4.39 Å². The monoisotopic (exact) mass is 348 g/mol. The normalized spacial score (nSPS) is 10.4. The zero-order valence-electron chi connectivity index (χ0n) is 9.09. The van der Waals surface area contributed by atoms with Crippen molar-refractivity contribution in [1.82, 2.24) is 0 Å². The van der Waals surface area contributed by atoms with Gasteiger partial charge in [0.05, 0.1) is 5.02 Å². The molecule has 2 rings (SSSR count). The van der Waals surface area contributed by atoms with Crippen molar-refractivity contribution in [2.45, 2.75) is 6.61 Å². The molecule has 1 nitrogen and oxygen atoms in total. The Morgan fingerprint density at radius 2 is 1.94 bits per heavy atom. The van der Waals surface area contributed by atoms with Gasteiger partial charge in [0, 0.05) is 10.0 Å². The largest absolute Gasteiger partial charge is 0.487 e. The minimum absolute atomic E-state index is 0.0964. The molecule has 0 aliphatic heterocycles. The van der Waals surface area contributed by atoms with Crippen LogP contribution in [-0.2, 0) is 6.61 Å². The Hall–Kier alpha value is -0.770. The van der Waals surface area contributed by atoms with Crippen molar-refractivity contribution < 1.29 is 9.13 Å². The first kappa shape index (κ1) is 13.7. The van der Waals surface area contributed by atoms with Crippen LogP contribution in [0.5, 0.6) is 5.75 Å². The molecule has 0 N–H and O–H groups in total. The van der Waals surface area contributed by atoms with Gasteiger partial charge in [-0.05, 0) is 24.3 Å².